The Kier molecular flexibility index (Phi) is 4.97. The van der Waals surface area contributed by atoms with Crippen LogP contribution < -0.4 is 10.9 Å². The largest absolute Gasteiger partial charge is 0.344 e. The second kappa shape index (κ2) is 7.02. The zero-order valence-corrected chi connectivity index (χ0v) is 15.2. The molecule has 1 N–H and O–H groups in total. The molecule has 1 saturated heterocycles. The first-order chi connectivity index (χ1) is 11.9. The van der Waals surface area contributed by atoms with Gasteiger partial charge in [0.05, 0.1) is 0 Å². The van der Waals surface area contributed by atoms with Crippen molar-refractivity contribution in [3.05, 3.63) is 34.2 Å². The number of rotatable bonds is 4. The monoisotopic (exact) mass is 345 g/mol. The van der Waals surface area contributed by atoms with Gasteiger partial charge in [0, 0.05) is 44.2 Å². The van der Waals surface area contributed by atoms with Gasteiger partial charge in [-0.3, -0.25) is 14.4 Å². The number of amides is 2. The molecule has 1 aromatic heterocycles. The van der Waals surface area contributed by atoms with Crippen LogP contribution in [-0.2, 0) is 16.1 Å². The fourth-order valence-corrected chi connectivity index (χ4v) is 4.18. The van der Waals surface area contributed by atoms with Gasteiger partial charge in [0.1, 0.15) is 6.04 Å². The molecule has 3 heterocycles. The molecule has 0 saturated carbocycles. The van der Waals surface area contributed by atoms with Crippen LogP contribution in [0.2, 0.25) is 0 Å². The zero-order valence-electron chi connectivity index (χ0n) is 15.2. The highest BCUT2D eigenvalue weighted by Gasteiger charge is 2.39. The number of piperidine rings is 1. The van der Waals surface area contributed by atoms with Crippen LogP contribution in [-0.4, -0.2) is 40.4 Å². The predicted molar refractivity (Wildman–Crippen MR) is 95.2 cm³/mol. The fraction of sp³-hybridized carbons (Fsp3) is 0.632. The molecule has 3 rings (SSSR count). The average molecular weight is 345 g/mol. The third-order valence-electron chi connectivity index (χ3n) is 5.63. The van der Waals surface area contributed by atoms with Gasteiger partial charge in [-0.25, -0.2) is 0 Å². The van der Waals surface area contributed by atoms with Crippen LogP contribution >= 0.6 is 0 Å². The highest BCUT2D eigenvalue weighted by atomic mass is 16.2. The van der Waals surface area contributed by atoms with Crippen molar-refractivity contribution in [1.82, 2.24) is 14.8 Å². The number of nitrogens with zero attached hydrogens (tertiary/aromatic N) is 2. The first kappa shape index (κ1) is 17.7. The maximum Gasteiger partial charge on any atom is 0.250 e. The van der Waals surface area contributed by atoms with Gasteiger partial charge < -0.3 is 14.8 Å². The van der Waals surface area contributed by atoms with Crippen molar-refractivity contribution >= 4 is 11.8 Å². The maximum absolute atomic E-state index is 13.1. The van der Waals surface area contributed by atoms with E-state index >= 15 is 0 Å². The lowest BCUT2D eigenvalue weighted by Gasteiger charge is -2.44. The predicted octanol–water partition coefficient (Wildman–Crippen LogP) is 1.34. The molecule has 0 unspecified atom stereocenters. The van der Waals surface area contributed by atoms with Crippen LogP contribution in [0.5, 0.6) is 0 Å². The SMILES string of the molecule is CC[C@H](C)[C@H](NC(C)=O)C(=O)N1C[C@@H]2C[C@@H](C1)c1cccc(=O)n1C2. The summed E-state index contributed by atoms with van der Waals surface area (Å²) < 4.78 is 1.86. The van der Waals surface area contributed by atoms with Crippen LogP contribution in [0.25, 0.3) is 0 Å². The van der Waals surface area contributed by atoms with Crippen LogP contribution in [0, 0.1) is 11.8 Å². The quantitative estimate of drug-likeness (QED) is 0.895. The Hall–Kier alpha value is -2.11. The van der Waals surface area contributed by atoms with Crippen molar-refractivity contribution in [2.24, 2.45) is 11.8 Å². The van der Waals surface area contributed by atoms with Crippen LogP contribution in [0.1, 0.15) is 45.2 Å². The van der Waals surface area contributed by atoms with Crippen molar-refractivity contribution < 1.29 is 9.59 Å². The van der Waals surface area contributed by atoms with E-state index in [1.807, 2.05) is 29.4 Å². The summed E-state index contributed by atoms with van der Waals surface area (Å²) in [7, 11) is 0. The summed E-state index contributed by atoms with van der Waals surface area (Å²) in [5, 5.41) is 2.84. The van der Waals surface area contributed by atoms with E-state index < -0.39 is 6.04 Å². The number of pyridine rings is 1. The lowest BCUT2D eigenvalue weighted by molar-refractivity contribution is -0.140. The van der Waals surface area contributed by atoms with Gasteiger partial charge in [0.2, 0.25) is 11.8 Å². The summed E-state index contributed by atoms with van der Waals surface area (Å²) >= 11 is 0. The highest BCUT2D eigenvalue weighted by Crippen LogP contribution is 2.35. The van der Waals surface area contributed by atoms with E-state index in [0.717, 1.165) is 18.5 Å². The molecule has 0 spiro atoms. The Balaban J connectivity index is 1.82. The number of hydrogen-bond acceptors (Lipinski definition) is 3. The van der Waals surface area contributed by atoms with Gasteiger partial charge in [-0.05, 0) is 24.3 Å². The molecule has 0 aromatic carbocycles. The molecule has 1 aromatic rings. The Labute approximate surface area is 148 Å². The summed E-state index contributed by atoms with van der Waals surface area (Å²) in [6.45, 7) is 7.42. The summed E-state index contributed by atoms with van der Waals surface area (Å²) in [5.41, 5.74) is 1.07. The van der Waals surface area contributed by atoms with Crippen LogP contribution in [0.4, 0.5) is 0 Å². The second-order valence-corrected chi connectivity index (χ2v) is 7.51. The van der Waals surface area contributed by atoms with E-state index in [1.165, 1.54) is 6.92 Å². The van der Waals surface area contributed by atoms with Crippen molar-refractivity contribution in [1.29, 1.82) is 0 Å². The van der Waals surface area contributed by atoms with Gasteiger partial charge in [-0.1, -0.05) is 26.3 Å². The van der Waals surface area contributed by atoms with E-state index in [1.54, 1.807) is 12.1 Å². The smallest absolute Gasteiger partial charge is 0.250 e. The third kappa shape index (κ3) is 3.48. The third-order valence-corrected chi connectivity index (χ3v) is 5.63. The molecule has 6 heteroatoms. The molecule has 25 heavy (non-hydrogen) atoms. The van der Waals surface area contributed by atoms with Crippen molar-refractivity contribution in [3.8, 4) is 0 Å². The van der Waals surface area contributed by atoms with Gasteiger partial charge in [0.15, 0.2) is 0 Å². The Morgan fingerprint density at radius 2 is 2.04 bits per heavy atom. The van der Waals surface area contributed by atoms with E-state index in [0.29, 0.717) is 25.6 Å². The van der Waals surface area contributed by atoms with Crippen molar-refractivity contribution in [3.63, 3.8) is 0 Å². The number of carbonyl (C=O) groups is 2. The summed E-state index contributed by atoms with van der Waals surface area (Å²) in [4.78, 5) is 38.6. The molecule has 0 aliphatic carbocycles. The second-order valence-electron chi connectivity index (χ2n) is 7.51. The first-order valence-electron chi connectivity index (χ1n) is 9.16. The van der Waals surface area contributed by atoms with Crippen LogP contribution in [0.3, 0.4) is 0 Å². The molecule has 2 aliphatic rings. The zero-order chi connectivity index (χ0) is 18.1. The number of nitrogens with one attached hydrogen (secondary N) is 1. The topological polar surface area (TPSA) is 71.4 Å². The number of hydrogen-bond donors (Lipinski definition) is 1. The molecular weight excluding hydrogens is 318 g/mol. The van der Waals surface area contributed by atoms with Gasteiger partial charge >= 0.3 is 0 Å². The normalized spacial score (nSPS) is 24.2. The van der Waals surface area contributed by atoms with Crippen molar-refractivity contribution in [2.45, 2.75) is 52.1 Å². The first-order valence-corrected chi connectivity index (χ1v) is 9.16. The fourth-order valence-electron chi connectivity index (χ4n) is 4.18. The minimum Gasteiger partial charge on any atom is -0.344 e. The maximum atomic E-state index is 13.1. The lowest BCUT2D eigenvalue weighted by Crippen LogP contribution is -2.56. The van der Waals surface area contributed by atoms with E-state index in [9.17, 15) is 14.4 Å². The number of likely N-dealkylation sites (tertiary alicyclic amines) is 1. The molecule has 2 amide bonds. The summed E-state index contributed by atoms with van der Waals surface area (Å²) in [6.07, 6.45) is 1.84. The Morgan fingerprint density at radius 1 is 1.28 bits per heavy atom. The summed E-state index contributed by atoms with van der Waals surface area (Å²) in [6, 6.07) is 4.92. The molecular formula is C19H27N3O3. The van der Waals surface area contributed by atoms with Crippen molar-refractivity contribution in [2.75, 3.05) is 13.1 Å². The Morgan fingerprint density at radius 3 is 2.72 bits per heavy atom. The van der Waals surface area contributed by atoms with E-state index in [-0.39, 0.29) is 29.2 Å². The molecule has 6 nitrogen and oxygen atoms in total. The van der Waals surface area contributed by atoms with Gasteiger partial charge in [-0.15, -0.1) is 0 Å². The van der Waals surface area contributed by atoms with E-state index in [4.69, 9.17) is 0 Å². The molecule has 136 valence electrons. The lowest BCUT2D eigenvalue weighted by atomic mass is 9.82. The van der Waals surface area contributed by atoms with Gasteiger partial charge in [-0.2, -0.15) is 0 Å². The highest BCUT2D eigenvalue weighted by molar-refractivity contribution is 5.87. The molecule has 4 atom stereocenters. The van der Waals surface area contributed by atoms with Crippen LogP contribution in [0.15, 0.2) is 23.0 Å². The number of aromatic nitrogens is 1. The molecule has 1 fully saturated rings. The summed E-state index contributed by atoms with van der Waals surface area (Å²) in [5.74, 6) is 0.414. The Bertz CT molecular complexity index is 727. The van der Waals surface area contributed by atoms with Gasteiger partial charge in [0.25, 0.3) is 5.56 Å². The minimum absolute atomic E-state index is 0.00554. The average Bonchev–Trinajstić information content (AvgIpc) is 2.59. The number of fused-ring (bicyclic) bond motifs is 4. The number of carbonyl (C=O) groups excluding carboxylic acids is 2. The molecule has 0 radical (unpaired) electrons. The minimum atomic E-state index is -0.473. The molecule has 2 aliphatic heterocycles. The molecule has 2 bridgehead atoms. The standard InChI is InChI=1S/C19H27N3O3/c1-4-12(2)18(20-13(3)23)19(25)21-9-14-8-15(11-21)16-6-5-7-17(24)22(16)10-14/h5-7,12,14-15,18H,4,8-11H2,1-3H3,(H,20,23)/t12-,14-,15-,18-/m0/s1. The van der Waals surface area contributed by atoms with E-state index in [2.05, 4.69) is 5.32 Å².